The fourth-order valence-electron chi connectivity index (χ4n) is 2.99. The van der Waals surface area contributed by atoms with Crippen molar-refractivity contribution in [3.63, 3.8) is 0 Å². The Hall–Kier alpha value is -3.53. The minimum atomic E-state index is -4.08. The molecule has 2 aromatic heterocycles. The summed E-state index contributed by atoms with van der Waals surface area (Å²) in [4.78, 5) is 20.0. The Balaban J connectivity index is 1.99. The smallest absolute Gasteiger partial charge is 0.265 e. The normalized spacial score (nSPS) is 11.1. The van der Waals surface area contributed by atoms with Crippen LogP contribution < -0.4 is 14.8 Å². The molecular weight excluding hydrogens is 435 g/mol. The molecule has 0 atom stereocenters. The molecule has 0 aliphatic heterocycles. The lowest BCUT2D eigenvalue weighted by molar-refractivity contribution is -0.115. The molecule has 3 aromatic rings. The van der Waals surface area contributed by atoms with Crippen molar-refractivity contribution in [2.24, 2.45) is 0 Å². The molecule has 0 spiro atoms. The number of pyridine rings is 2. The summed E-state index contributed by atoms with van der Waals surface area (Å²) in [6.07, 6.45) is 3.96. The molecule has 0 saturated heterocycles. The first-order valence-electron chi connectivity index (χ1n) is 9.89. The highest BCUT2D eigenvalue weighted by Gasteiger charge is 2.22. The number of methoxy groups -OCH3 is 1. The van der Waals surface area contributed by atoms with Crippen molar-refractivity contribution in [2.75, 3.05) is 17.1 Å². The first-order chi connectivity index (χ1) is 15.3. The van der Waals surface area contributed by atoms with Crippen LogP contribution in [0.3, 0.4) is 0 Å². The van der Waals surface area contributed by atoms with E-state index in [1.54, 1.807) is 37.5 Å². The number of rotatable bonds is 8. The van der Waals surface area contributed by atoms with Gasteiger partial charge >= 0.3 is 0 Å². The first kappa shape index (κ1) is 23.1. The van der Waals surface area contributed by atoms with Crippen LogP contribution in [0, 0.1) is 5.82 Å². The van der Waals surface area contributed by atoms with Crippen LogP contribution >= 0.6 is 0 Å². The van der Waals surface area contributed by atoms with Crippen molar-refractivity contribution >= 4 is 27.4 Å². The molecule has 2 N–H and O–H groups in total. The Kier molecular flexibility index (Phi) is 7.04. The number of amides is 1. The minimum absolute atomic E-state index is 0.106. The van der Waals surface area contributed by atoms with Gasteiger partial charge in [-0.1, -0.05) is 13.8 Å². The van der Waals surface area contributed by atoms with E-state index in [2.05, 4.69) is 20.0 Å². The number of halogens is 1. The van der Waals surface area contributed by atoms with E-state index in [1.165, 1.54) is 7.11 Å². The van der Waals surface area contributed by atoms with E-state index >= 15 is 0 Å². The average Bonchev–Trinajstić information content (AvgIpc) is 2.78. The fraction of sp³-hybridized carbons (Fsp3) is 0.227. The van der Waals surface area contributed by atoms with E-state index in [9.17, 15) is 17.6 Å². The first-order valence-corrected chi connectivity index (χ1v) is 11.4. The molecule has 0 aliphatic carbocycles. The van der Waals surface area contributed by atoms with Crippen LogP contribution in [0.1, 0.15) is 26.0 Å². The number of nitrogens with zero attached hydrogens (tertiary/aromatic N) is 2. The zero-order valence-corrected chi connectivity index (χ0v) is 18.7. The van der Waals surface area contributed by atoms with Crippen molar-refractivity contribution in [1.29, 1.82) is 0 Å². The van der Waals surface area contributed by atoms with Gasteiger partial charge in [-0.25, -0.2) is 17.8 Å². The largest absolute Gasteiger partial charge is 0.495 e. The van der Waals surface area contributed by atoms with Gasteiger partial charge in [-0.2, -0.15) is 0 Å². The summed E-state index contributed by atoms with van der Waals surface area (Å²) in [5.41, 5.74) is 2.14. The standard InChI is InChI=1S/C22H23FN4O4S/c1-4-17-18(27-32(29,30)20-7-6-16(23)12-19(20)31-3)10-15(13-25-17)14-8-9-24-21(11-14)26-22(28)5-2/h6-13,27H,4-5H2,1-3H3,(H,24,26,28). The summed E-state index contributed by atoms with van der Waals surface area (Å²) < 4.78 is 47.1. The minimum Gasteiger partial charge on any atom is -0.495 e. The number of carbonyl (C=O) groups excluding carboxylic acids is 1. The van der Waals surface area contributed by atoms with Crippen molar-refractivity contribution < 1.29 is 22.3 Å². The van der Waals surface area contributed by atoms with Gasteiger partial charge in [0.1, 0.15) is 22.3 Å². The van der Waals surface area contributed by atoms with Crippen LogP contribution in [-0.4, -0.2) is 31.4 Å². The second kappa shape index (κ2) is 9.73. The van der Waals surface area contributed by atoms with Gasteiger partial charge in [-0.3, -0.25) is 14.5 Å². The number of benzene rings is 1. The van der Waals surface area contributed by atoms with Crippen molar-refractivity contribution in [3.8, 4) is 16.9 Å². The predicted molar refractivity (Wildman–Crippen MR) is 120 cm³/mol. The topological polar surface area (TPSA) is 110 Å². The van der Waals surface area contributed by atoms with Crippen LogP contribution in [0.2, 0.25) is 0 Å². The third kappa shape index (κ3) is 5.20. The number of hydrogen-bond acceptors (Lipinski definition) is 6. The van der Waals surface area contributed by atoms with E-state index in [0.29, 0.717) is 35.5 Å². The predicted octanol–water partition coefficient (Wildman–Crippen LogP) is 4.00. The van der Waals surface area contributed by atoms with Gasteiger partial charge in [0, 0.05) is 30.4 Å². The van der Waals surface area contributed by atoms with Crippen LogP contribution in [0.4, 0.5) is 15.9 Å². The molecule has 0 unspecified atom stereocenters. The number of anilines is 2. The SMILES string of the molecule is CCC(=O)Nc1cc(-c2cnc(CC)c(NS(=O)(=O)c3ccc(F)cc3OC)c2)ccn1. The molecule has 32 heavy (non-hydrogen) atoms. The molecule has 1 amide bonds. The second-order valence-corrected chi connectivity index (χ2v) is 8.45. The lowest BCUT2D eigenvalue weighted by Gasteiger charge is -2.15. The van der Waals surface area contributed by atoms with Crippen molar-refractivity contribution in [1.82, 2.24) is 9.97 Å². The number of carbonyl (C=O) groups is 1. The Bertz CT molecular complexity index is 1250. The highest BCUT2D eigenvalue weighted by molar-refractivity contribution is 7.92. The maximum absolute atomic E-state index is 13.5. The van der Waals surface area contributed by atoms with E-state index in [-0.39, 0.29) is 22.2 Å². The molecule has 3 rings (SSSR count). The molecule has 2 heterocycles. The van der Waals surface area contributed by atoms with E-state index in [4.69, 9.17) is 4.74 Å². The zero-order chi connectivity index (χ0) is 23.3. The van der Waals surface area contributed by atoms with E-state index in [1.807, 2.05) is 6.92 Å². The Morgan fingerprint density at radius 3 is 2.56 bits per heavy atom. The van der Waals surface area contributed by atoms with E-state index in [0.717, 1.165) is 18.2 Å². The molecule has 0 saturated carbocycles. The number of nitrogens with one attached hydrogen (secondary N) is 2. The van der Waals surface area contributed by atoms with Crippen molar-refractivity contribution in [3.05, 3.63) is 60.3 Å². The average molecular weight is 459 g/mol. The molecule has 8 nitrogen and oxygen atoms in total. The second-order valence-electron chi connectivity index (χ2n) is 6.80. The number of sulfonamides is 1. The summed E-state index contributed by atoms with van der Waals surface area (Å²) in [7, 11) is -2.81. The summed E-state index contributed by atoms with van der Waals surface area (Å²) in [6.45, 7) is 3.59. The molecule has 0 aliphatic rings. The fourth-order valence-corrected chi connectivity index (χ4v) is 4.22. The number of hydrogen-bond donors (Lipinski definition) is 2. The molecule has 0 fully saturated rings. The van der Waals surface area contributed by atoms with Crippen LogP contribution in [0.5, 0.6) is 5.75 Å². The summed E-state index contributed by atoms with van der Waals surface area (Å²) in [5.74, 6) is -0.504. The highest BCUT2D eigenvalue weighted by atomic mass is 32.2. The summed E-state index contributed by atoms with van der Waals surface area (Å²) in [6, 6.07) is 8.26. The third-order valence-electron chi connectivity index (χ3n) is 4.65. The number of aromatic nitrogens is 2. The molecule has 10 heteroatoms. The van der Waals surface area contributed by atoms with Gasteiger partial charge in [0.15, 0.2) is 0 Å². The molecule has 0 radical (unpaired) electrons. The van der Waals surface area contributed by atoms with Gasteiger partial charge < -0.3 is 10.1 Å². The van der Waals surface area contributed by atoms with Crippen molar-refractivity contribution in [2.45, 2.75) is 31.6 Å². The van der Waals surface area contributed by atoms with Gasteiger partial charge in [0.05, 0.1) is 18.5 Å². The maximum Gasteiger partial charge on any atom is 0.265 e. The van der Waals surface area contributed by atoms with Crippen LogP contribution in [-0.2, 0) is 21.2 Å². The Morgan fingerprint density at radius 1 is 1.09 bits per heavy atom. The van der Waals surface area contributed by atoms with Gasteiger partial charge in [-0.15, -0.1) is 0 Å². The van der Waals surface area contributed by atoms with Gasteiger partial charge in [0.25, 0.3) is 10.0 Å². The third-order valence-corrected chi connectivity index (χ3v) is 6.05. The van der Waals surface area contributed by atoms with Crippen LogP contribution in [0.25, 0.3) is 11.1 Å². The lowest BCUT2D eigenvalue weighted by atomic mass is 10.1. The molecule has 1 aromatic carbocycles. The Labute approximate surface area is 185 Å². The maximum atomic E-state index is 13.5. The molecular formula is C22H23FN4O4S. The van der Waals surface area contributed by atoms with Gasteiger partial charge in [0.2, 0.25) is 5.91 Å². The number of aryl methyl sites for hydroxylation is 1. The highest BCUT2D eigenvalue weighted by Crippen LogP contribution is 2.30. The van der Waals surface area contributed by atoms with Gasteiger partial charge in [-0.05, 0) is 42.3 Å². The zero-order valence-electron chi connectivity index (χ0n) is 17.8. The summed E-state index contributed by atoms with van der Waals surface area (Å²) >= 11 is 0. The summed E-state index contributed by atoms with van der Waals surface area (Å²) in [5, 5.41) is 2.69. The number of ether oxygens (including phenoxy) is 1. The lowest BCUT2D eigenvalue weighted by Crippen LogP contribution is -2.16. The quantitative estimate of drug-likeness (QED) is 0.528. The Morgan fingerprint density at radius 2 is 1.88 bits per heavy atom. The monoisotopic (exact) mass is 458 g/mol. The molecule has 0 bridgehead atoms. The van der Waals surface area contributed by atoms with E-state index < -0.39 is 15.8 Å². The van der Waals surface area contributed by atoms with Crippen LogP contribution in [0.15, 0.2) is 53.7 Å². The molecule has 168 valence electrons.